The van der Waals surface area contributed by atoms with Crippen LogP contribution < -0.4 is 4.74 Å². The second kappa shape index (κ2) is 11.7. The molecule has 0 aliphatic rings. The van der Waals surface area contributed by atoms with Crippen LogP contribution >= 0.6 is 0 Å². The largest absolute Gasteiger partial charge is 0.457 e. The van der Waals surface area contributed by atoms with Crippen molar-refractivity contribution >= 4 is 0 Å². The maximum Gasteiger partial charge on any atom is 0.127 e. The second-order valence-electron chi connectivity index (χ2n) is 9.75. The van der Waals surface area contributed by atoms with E-state index in [1.807, 2.05) is 0 Å². The molecule has 0 heterocycles. The Bertz CT molecular complexity index is 1370. The van der Waals surface area contributed by atoms with Crippen molar-refractivity contribution in [3.8, 4) is 11.5 Å². The average Bonchev–Trinajstić information content (AvgIpc) is 3.01. The highest BCUT2D eigenvalue weighted by Gasteiger charge is 2.18. The zero-order valence-corrected chi connectivity index (χ0v) is 21.7. The molecule has 0 fully saturated rings. The first-order chi connectivity index (χ1) is 19.3. The first-order valence-electron chi connectivity index (χ1n) is 13.4. The Morgan fingerprint density at radius 3 is 0.744 bits per heavy atom. The van der Waals surface area contributed by atoms with Gasteiger partial charge in [0.15, 0.2) is 0 Å². The van der Waals surface area contributed by atoms with E-state index in [-0.39, 0.29) is 11.8 Å². The van der Waals surface area contributed by atoms with Crippen molar-refractivity contribution in [1.82, 2.24) is 0 Å². The molecule has 188 valence electrons. The zero-order valence-electron chi connectivity index (χ0n) is 21.7. The van der Waals surface area contributed by atoms with Crippen LogP contribution in [0.15, 0.2) is 170 Å². The summed E-state index contributed by atoms with van der Waals surface area (Å²) in [5.41, 5.74) is 7.59. The first kappa shape index (κ1) is 24.5. The van der Waals surface area contributed by atoms with Crippen molar-refractivity contribution < 1.29 is 4.74 Å². The molecule has 0 radical (unpaired) electrons. The minimum absolute atomic E-state index is 0.175. The predicted molar refractivity (Wildman–Crippen MR) is 161 cm³/mol. The van der Waals surface area contributed by atoms with Crippen LogP contribution in [0.1, 0.15) is 45.2 Å². The molecule has 0 unspecified atom stereocenters. The molecule has 0 aliphatic carbocycles. The predicted octanol–water partition coefficient (Wildman–Crippen LogP) is 9.84. The summed E-state index contributed by atoms with van der Waals surface area (Å²) in [6.45, 7) is 0. The molecule has 0 aliphatic heterocycles. The van der Waals surface area contributed by atoms with Gasteiger partial charge in [0.2, 0.25) is 0 Å². The monoisotopic (exact) mass is 502 g/mol. The summed E-state index contributed by atoms with van der Waals surface area (Å²) in [5, 5.41) is 0. The third-order valence-corrected chi connectivity index (χ3v) is 7.19. The Morgan fingerprint density at radius 1 is 0.256 bits per heavy atom. The van der Waals surface area contributed by atoms with Gasteiger partial charge in [0.1, 0.15) is 11.5 Å². The van der Waals surface area contributed by atoms with Crippen molar-refractivity contribution in [3.63, 3.8) is 0 Å². The third kappa shape index (κ3) is 5.68. The van der Waals surface area contributed by atoms with E-state index in [0.29, 0.717) is 0 Å². The van der Waals surface area contributed by atoms with E-state index in [0.717, 1.165) is 11.5 Å². The fourth-order valence-corrected chi connectivity index (χ4v) is 5.33. The average molecular weight is 503 g/mol. The van der Waals surface area contributed by atoms with E-state index in [1.165, 1.54) is 33.4 Å². The van der Waals surface area contributed by atoms with E-state index in [4.69, 9.17) is 4.74 Å². The number of hydrogen-bond donors (Lipinski definition) is 0. The van der Waals surface area contributed by atoms with Gasteiger partial charge in [0.05, 0.1) is 0 Å². The number of rotatable bonds is 8. The van der Waals surface area contributed by atoms with Gasteiger partial charge in [-0.05, 0) is 57.6 Å². The van der Waals surface area contributed by atoms with Gasteiger partial charge in [0, 0.05) is 11.8 Å². The van der Waals surface area contributed by atoms with Crippen molar-refractivity contribution in [1.29, 1.82) is 0 Å². The molecule has 6 aromatic carbocycles. The minimum atomic E-state index is 0.175. The lowest BCUT2D eigenvalue weighted by Crippen LogP contribution is -2.03. The van der Waals surface area contributed by atoms with E-state index in [9.17, 15) is 0 Å². The summed E-state index contributed by atoms with van der Waals surface area (Å²) in [5.74, 6) is 2.00. The smallest absolute Gasteiger partial charge is 0.127 e. The van der Waals surface area contributed by atoms with Crippen LogP contribution in [0.2, 0.25) is 0 Å². The molecule has 39 heavy (non-hydrogen) atoms. The van der Waals surface area contributed by atoms with Crippen LogP contribution in [0.5, 0.6) is 11.5 Å². The van der Waals surface area contributed by atoms with E-state index >= 15 is 0 Å². The van der Waals surface area contributed by atoms with Gasteiger partial charge in [-0.3, -0.25) is 0 Å². The van der Waals surface area contributed by atoms with Crippen LogP contribution in [0.25, 0.3) is 0 Å². The van der Waals surface area contributed by atoms with Crippen LogP contribution in [0.3, 0.4) is 0 Å². The first-order valence-corrected chi connectivity index (χ1v) is 13.4. The van der Waals surface area contributed by atoms with Crippen molar-refractivity contribution in [2.24, 2.45) is 0 Å². The standard InChI is InChI=1S/C38H30O/c1-5-13-29(14-6-1)37(30-15-7-2-8-16-30)33-21-25-35(26-22-33)39-36-27-23-34(24-28-36)38(31-17-9-3-10-18-31)32-19-11-4-12-20-32/h1-28,37-38H. The van der Waals surface area contributed by atoms with Gasteiger partial charge >= 0.3 is 0 Å². The summed E-state index contributed by atoms with van der Waals surface area (Å²) in [6, 6.07) is 59.6. The molecule has 0 N–H and O–H groups in total. The normalized spacial score (nSPS) is 11.0. The molecule has 0 bridgehead atoms. The van der Waals surface area contributed by atoms with Gasteiger partial charge in [-0.15, -0.1) is 0 Å². The Labute approximate surface area is 231 Å². The Kier molecular flexibility index (Phi) is 7.32. The van der Waals surface area contributed by atoms with Crippen molar-refractivity contribution in [2.75, 3.05) is 0 Å². The Morgan fingerprint density at radius 2 is 0.487 bits per heavy atom. The van der Waals surface area contributed by atoms with Gasteiger partial charge in [-0.2, -0.15) is 0 Å². The van der Waals surface area contributed by atoms with Crippen LogP contribution in [0, 0.1) is 0 Å². The molecule has 6 rings (SSSR count). The lowest BCUT2D eigenvalue weighted by Gasteiger charge is -2.20. The maximum absolute atomic E-state index is 6.27. The van der Waals surface area contributed by atoms with Gasteiger partial charge in [-0.25, -0.2) is 0 Å². The maximum atomic E-state index is 6.27. The van der Waals surface area contributed by atoms with Gasteiger partial charge in [0.25, 0.3) is 0 Å². The second-order valence-corrected chi connectivity index (χ2v) is 9.75. The lowest BCUT2D eigenvalue weighted by atomic mass is 9.85. The highest BCUT2D eigenvalue weighted by atomic mass is 16.5. The SMILES string of the molecule is c1ccc(C(c2ccccc2)c2ccc(Oc3ccc(C(c4ccccc4)c4ccccc4)cc3)cc2)cc1. The van der Waals surface area contributed by atoms with Gasteiger partial charge < -0.3 is 4.74 Å². The lowest BCUT2D eigenvalue weighted by molar-refractivity contribution is 0.482. The molecule has 0 saturated carbocycles. The molecule has 6 aromatic rings. The number of hydrogen-bond acceptors (Lipinski definition) is 1. The van der Waals surface area contributed by atoms with E-state index < -0.39 is 0 Å². The molecule has 1 heteroatoms. The van der Waals surface area contributed by atoms with Crippen LogP contribution in [-0.2, 0) is 0 Å². The molecular formula is C38H30O. The highest BCUT2D eigenvalue weighted by Crippen LogP contribution is 2.35. The van der Waals surface area contributed by atoms with Crippen LogP contribution in [-0.4, -0.2) is 0 Å². The molecule has 0 spiro atoms. The van der Waals surface area contributed by atoms with Crippen molar-refractivity contribution in [2.45, 2.75) is 11.8 Å². The topological polar surface area (TPSA) is 9.23 Å². The Balaban J connectivity index is 1.24. The van der Waals surface area contributed by atoms with Crippen molar-refractivity contribution in [3.05, 3.63) is 203 Å². The Hall–Kier alpha value is -4.88. The van der Waals surface area contributed by atoms with Crippen LogP contribution in [0.4, 0.5) is 0 Å². The molecular weight excluding hydrogens is 472 g/mol. The summed E-state index contributed by atoms with van der Waals surface area (Å²) >= 11 is 0. The molecule has 0 aromatic heterocycles. The summed E-state index contributed by atoms with van der Waals surface area (Å²) in [4.78, 5) is 0. The summed E-state index contributed by atoms with van der Waals surface area (Å²) in [7, 11) is 0. The molecule has 0 saturated heterocycles. The highest BCUT2D eigenvalue weighted by molar-refractivity contribution is 5.47. The summed E-state index contributed by atoms with van der Waals surface area (Å²) in [6.07, 6.45) is 0. The quantitative estimate of drug-likeness (QED) is 0.188. The number of ether oxygens (including phenoxy) is 1. The van der Waals surface area contributed by atoms with Gasteiger partial charge in [-0.1, -0.05) is 146 Å². The molecule has 0 amide bonds. The summed E-state index contributed by atoms with van der Waals surface area (Å²) < 4.78 is 6.27. The minimum Gasteiger partial charge on any atom is -0.457 e. The molecule has 1 nitrogen and oxygen atoms in total. The van der Waals surface area contributed by atoms with E-state index in [1.54, 1.807) is 0 Å². The zero-order chi connectivity index (χ0) is 26.3. The third-order valence-electron chi connectivity index (χ3n) is 7.19. The molecule has 0 atom stereocenters. The van der Waals surface area contributed by atoms with E-state index in [2.05, 4.69) is 170 Å². The number of benzene rings is 6. The fourth-order valence-electron chi connectivity index (χ4n) is 5.33. The fraction of sp³-hybridized carbons (Fsp3) is 0.0526.